The number of hydrogen-bond acceptors (Lipinski definition) is 2. The van der Waals surface area contributed by atoms with Crippen LogP contribution in [0.3, 0.4) is 0 Å². The summed E-state index contributed by atoms with van der Waals surface area (Å²) in [6.07, 6.45) is -2.27. The molecule has 2 N–H and O–H groups in total. The standard InChI is InChI=1S/C12H23F3N2/c1-4-9(16)10(12(13,14)15)17-7-5-11(2,3)6-8-17/h9-10H,4-8,16H2,1-3H3. The Bertz CT molecular complexity index is 241. The predicted octanol–water partition coefficient (Wildman–Crippen LogP) is 2.78. The van der Waals surface area contributed by atoms with Crippen molar-refractivity contribution in [1.29, 1.82) is 0 Å². The smallest absolute Gasteiger partial charge is 0.326 e. The van der Waals surface area contributed by atoms with E-state index in [0.717, 1.165) is 12.8 Å². The van der Waals surface area contributed by atoms with E-state index in [4.69, 9.17) is 5.73 Å². The number of alkyl halides is 3. The summed E-state index contributed by atoms with van der Waals surface area (Å²) < 4.78 is 39.0. The van der Waals surface area contributed by atoms with Crippen molar-refractivity contribution in [3.63, 3.8) is 0 Å². The molecule has 1 saturated heterocycles. The van der Waals surface area contributed by atoms with E-state index in [1.165, 1.54) is 4.90 Å². The van der Waals surface area contributed by atoms with Gasteiger partial charge in [0, 0.05) is 6.04 Å². The first-order valence-electron chi connectivity index (χ1n) is 6.24. The van der Waals surface area contributed by atoms with Gasteiger partial charge in [-0.05, 0) is 37.8 Å². The molecule has 2 atom stereocenters. The average molecular weight is 252 g/mol. The molecule has 0 amide bonds. The van der Waals surface area contributed by atoms with Crippen LogP contribution in [-0.2, 0) is 0 Å². The molecule has 102 valence electrons. The fraction of sp³-hybridized carbons (Fsp3) is 1.00. The molecule has 0 aromatic rings. The Kier molecular flexibility index (Phi) is 4.47. The molecule has 0 saturated carbocycles. The lowest BCUT2D eigenvalue weighted by Gasteiger charge is -2.43. The largest absolute Gasteiger partial charge is 0.405 e. The van der Waals surface area contributed by atoms with E-state index in [0.29, 0.717) is 19.5 Å². The zero-order valence-electron chi connectivity index (χ0n) is 10.8. The van der Waals surface area contributed by atoms with Crippen molar-refractivity contribution < 1.29 is 13.2 Å². The molecule has 0 spiro atoms. The summed E-state index contributed by atoms with van der Waals surface area (Å²) in [5.41, 5.74) is 5.80. The molecule has 1 heterocycles. The first kappa shape index (κ1) is 14.8. The van der Waals surface area contributed by atoms with Gasteiger partial charge in [-0.15, -0.1) is 0 Å². The van der Waals surface area contributed by atoms with Gasteiger partial charge in [0.15, 0.2) is 0 Å². The molecule has 5 heteroatoms. The molecular formula is C12H23F3N2. The van der Waals surface area contributed by atoms with Gasteiger partial charge in [-0.25, -0.2) is 0 Å². The number of hydrogen-bond donors (Lipinski definition) is 1. The molecular weight excluding hydrogens is 229 g/mol. The van der Waals surface area contributed by atoms with Gasteiger partial charge in [0.25, 0.3) is 0 Å². The molecule has 2 unspecified atom stereocenters. The van der Waals surface area contributed by atoms with Gasteiger partial charge in [-0.3, -0.25) is 4.90 Å². The Morgan fingerprint density at radius 1 is 1.24 bits per heavy atom. The van der Waals surface area contributed by atoms with Crippen LogP contribution in [0.4, 0.5) is 13.2 Å². The van der Waals surface area contributed by atoms with Crippen LogP contribution < -0.4 is 5.73 Å². The van der Waals surface area contributed by atoms with Gasteiger partial charge >= 0.3 is 6.18 Å². The third kappa shape index (κ3) is 3.85. The lowest BCUT2D eigenvalue weighted by molar-refractivity contribution is -0.194. The van der Waals surface area contributed by atoms with E-state index in [1.807, 2.05) is 0 Å². The highest BCUT2D eigenvalue weighted by atomic mass is 19.4. The highest BCUT2D eigenvalue weighted by Gasteiger charge is 2.47. The number of piperidine rings is 1. The monoisotopic (exact) mass is 252 g/mol. The van der Waals surface area contributed by atoms with Crippen LogP contribution >= 0.6 is 0 Å². The summed E-state index contributed by atoms with van der Waals surface area (Å²) in [4.78, 5) is 1.51. The van der Waals surface area contributed by atoms with E-state index >= 15 is 0 Å². The van der Waals surface area contributed by atoms with Crippen molar-refractivity contribution in [2.75, 3.05) is 13.1 Å². The number of rotatable bonds is 3. The Morgan fingerprint density at radius 3 is 2.06 bits per heavy atom. The topological polar surface area (TPSA) is 29.3 Å². The fourth-order valence-electron chi connectivity index (χ4n) is 2.35. The molecule has 1 aliphatic heterocycles. The number of halogens is 3. The van der Waals surface area contributed by atoms with E-state index in [2.05, 4.69) is 13.8 Å². The van der Waals surface area contributed by atoms with Crippen LogP contribution in [0.15, 0.2) is 0 Å². The van der Waals surface area contributed by atoms with Crippen molar-refractivity contribution in [2.24, 2.45) is 11.1 Å². The zero-order chi connectivity index (χ0) is 13.3. The van der Waals surface area contributed by atoms with Crippen LogP contribution in [0, 0.1) is 5.41 Å². The lowest BCUT2D eigenvalue weighted by atomic mass is 9.82. The summed E-state index contributed by atoms with van der Waals surface area (Å²) >= 11 is 0. The highest BCUT2D eigenvalue weighted by Crippen LogP contribution is 2.35. The predicted molar refractivity (Wildman–Crippen MR) is 62.7 cm³/mol. The highest BCUT2D eigenvalue weighted by molar-refractivity contribution is 4.91. The van der Waals surface area contributed by atoms with Gasteiger partial charge in [-0.1, -0.05) is 20.8 Å². The molecule has 1 fully saturated rings. The summed E-state index contributed by atoms with van der Waals surface area (Å²) in [6.45, 7) is 6.90. The molecule has 0 aliphatic carbocycles. The van der Waals surface area contributed by atoms with Gasteiger partial charge < -0.3 is 5.73 Å². The van der Waals surface area contributed by atoms with Crippen LogP contribution in [0.5, 0.6) is 0 Å². The second-order valence-electron chi connectivity index (χ2n) is 5.76. The first-order chi connectivity index (χ1) is 7.67. The van der Waals surface area contributed by atoms with Crippen molar-refractivity contribution in [3.8, 4) is 0 Å². The first-order valence-corrected chi connectivity index (χ1v) is 6.24. The second-order valence-corrected chi connectivity index (χ2v) is 5.76. The van der Waals surface area contributed by atoms with Crippen molar-refractivity contribution in [3.05, 3.63) is 0 Å². The fourth-order valence-corrected chi connectivity index (χ4v) is 2.35. The van der Waals surface area contributed by atoms with Crippen molar-refractivity contribution >= 4 is 0 Å². The van der Waals surface area contributed by atoms with Crippen LogP contribution in [0.2, 0.25) is 0 Å². The van der Waals surface area contributed by atoms with Gasteiger partial charge in [-0.2, -0.15) is 13.2 Å². The summed E-state index contributed by atoms with van der Waals surface area (Å²) in [5.74, 6) is 0. The van der Waals surface area contributed by atoms with Gasteiger partial charge in [0.1, 0.15) is 6.04 Å². The van der Waals surface area contributed by atoms with Crippen molar-refractivity contribution in [1.82, 2.24) is 4.90 Å². The SMILES string of the molecule is CCC(N)C(N1CCC(C)(C)CC1)C(F)(F)F. The Labute approximate surface area is 101 Å². The van der Waals surface area contributed by atoms with Gasteiger partial charge in [0.2, 0.25) is 0 Å². The lowest BCUT2D eigenvalue weighted by Crippen LogP contribution is -2.58. The molecule has 2 nitrogen and oxygen atoms in total. The number of nitrogens with two attached hydrogens (primary N) is 1. The maximum Gasteiger partial charge on any atom is 0.405 e. The quantitative estimate of drug-likeness (QED) is 0.837. The summed E-state index contributed by atoms with van der Waals surface area (Å²) in [5, 5.41) is 0. The van der Waals surface area contributed by atoms with Crippen molar-refractivity contribution in [2.45, 2.75) is 58.3 Å². The molecule has 0 bridgehead atoms. The average Bonchev–Trinajstić information content (AvgIpc) is 2.18. The normalized spacial score (nSPS) is 25.6. The summed E-state index contributed by atoms with van der Waals surface area (Å²) in [7, 11) is 0. The number of nitrogens with zero attached hydrogens (tertiary/aromatic N) is 1. The Morgan fingerprint density at radius 2 is 1.71 bits per heavy atom. The minimum atomic E-state index is -4.23. The Balaban J connectivity index is 2.73. The third-order valence-electron chi connectivity index (χ3n) is 3.76. The maximum absolute atomic E-state index is 13.0. The van der Waals surface area contributed by atoms with Crippen LogP contribution in [0.1, 0.15) is 40.0 Å². The Hall–Kier alpha value is -0.290. The minimum Gasteiger partial charge on any atom is -0.326 e. The van der Waals surface area contributed by atoms with Gasteiger partial charge in [0.05, 0.1) is 0 Å². The van der Waals surface area contributed by atoms with E-state index in [-0.39, 0.29) is 5.41 Å². The molecule has 1 rings (SSSR count). The molecule has 17 heavy (non-hydrogen) atoms. The maximum atomic E-state index is 13.0. The summed E-state index contributed by atoms with van der Waals surface area (Å²) in [6, 6.07) is -2.31. The van der Waals surface area contributed by atoms with Crippen LogP contribution in [-0.4, -0.2) is 36.2 Å². The zero-order valence-corrected chi connectivity index (χ0v) is 10.8. The molecule has 0 radical (unpaired) electrons. The molecule has 0 aromatic heterocycles. The minimum absolute atomic E-state index is 0.156. The third-order valence-corrected chi connectivity index (χ3v) is 3.76. The molecule has 1 aliphatic rings. The van der Waals surface area contributed by atoms with E-state index < -0.39 is 18.3 Å². The second kappa shape index (κ2) is 5.14. The van der Waals surface area contributed by atoms with E-state index in [9.17, 15) is 13.2 Å². The van der Waals surface area contributed by atoms with E-state index in [1.54, 1.807) is 6.92 Å². The molecule has 0 aromatic carbocycles. The van der Waals surface area contributed by atoms with Crippen LogP contribution in [0.25, 0.3) is 0 Å². The number of likely N-dealkylation sites (tertiary alicyclic amines) is 1.